The average Bonchev–Trinajstić information content (AvgIpc) is 3.07. The molecule has 2 amide bonds. The first-order chi connectivity index (χ1) is 14.5. The van der Waals surface area contributed by atoms with Crippen LogP contribution in [0.5, 0.6) is 0 Å². The Bertz CT molecular complexity index is 523. The van der Waals surface area contributed by atoms with Gasteiger partial charge in [-0.05, 0) is 18.8 Å². The molecule has 178 valence electrons. The molecule has 0 aromatic heterocycles. The summed E-state index contributed by atoms with van der Waals surface area (Å²) in [6, 6.07) is -0.166. The van der Waals surface area contributed by atoms with Gasteiger partial charge in [0.1, 0.15) is 0 Å². The van der Waals surface area contributed by atoms with Crippen molar-refractivity contribution in [1.82, 2.24) is 10.6 Å². The van der Waals surface area contributed by atoms with Crippen LogP contribution in [0.15, 0.2) is 0 Å². The van der Waals surface area contributed by atoms with Gasteiger partial charge in [0.05, 0.1) is 11.5 Å². The maximum atomic E-state index is 11.7. The van der Waals surface area contributed by atoms with Crippen molar-refractivity contribution in [2.24, 2.45) is 5.92 Å². The Balaban J connectivity index is 1.75. The molecule has 1 fully saturated rings. The summed E-state index contributed by atoms with van der Waals surface area (Å²) >= 11 is 0. The topological polar surface area (TPSA) is 75.3 Å². The maximum absolute atomic E-state index is 11.7. The smallest absolute Gasteiger partial charge is 0.314 e. The Labute approximate surface area is 186 Å². The summed E-state index contributed by atoms with van der Waals surface area (Å²) in [5.41, 5.74) is 0. The number of carbonyl (C=O) groups excluding carboxylic acids is 1. The van der Waals surface area contributed by atoms with E-state index in [2.05, 4.69) is 17.6 Å². The zero-order chi connectivity index (χ0) is 21.9. The molecule has 1 rings (SSSR count). The Morgan fingerprint density at radius 1 is 0.733 bits per heavy atom. The first kappa shape index (κ1) is 27.3. The largest absolute Gasteiger partial charge is 0.338 e. The number of hydrogen-bond acceptors (Lipinski definition) is 3. The van der Waals surface area contributed by atoms with Gasteiger partial charge >= 0.3 is 6.03 Å². The molecule has 1 saturated heterocycles. The minimum Gasteiger partial charge on any atom is -0.338 e. The second kappa shape index (κ2) is 17.9. The Morgan fingerprint density at radius 3 is 1.63 bits per heavy atom. The Kier molecular flexibility index (Phi) is 16.2. The van der Waals surface area contributed by atoms with Crippen LogP contribution in [0.1, 0.15) is 116 Å². The third-order valence-corrected chi connectivity index (χ3v) is 8.03. The molecule has 30 heavy (non-hydrogen) atoms. The quantitative estimate of drug-likeness (QED) is 0.241. The van der Waals surface area contributed by atoms with E-state index in [1.165, 1.54) is 96.3 Å². The lowest BCUT2D eigenvalue weighted by atomic mass is 10.0. The molecule has 2 N–H and O–H groups in total. The SMILES string of the molecule is CCCCCCCCCCCCCCCCCCNC(=O)NCC1CCS(=O)(=O)C1. The van der Waals surface area contributed by atoms with Crippen molar-refractivity contribution in [3.05, 3.63) is 0 Å². The Hall–Kier alpha value is -0.780. The van der Waals surface area contributed by atoms with E-state index < -0.39 is 9.84 Å². The van der Waals surface area contributed by atoms with Crippen molar-refractivity contribution in [2.75, 3.05) is 24.6 Å². The van der Waals surface area contributed by atoms with Gasteiger partial charge in [-0.15, -0.1) is 0 Å². The van der Waals surface area contributed by atoms with Crippen molar-refractivity contribution in [3.63, 3.8) is 0 Å². The van der Waals surface area contributed by atoms with Crippen molar-refractivity contribution < 1.29 is 13.2 Å². The van der Waals surface area contributed by atoms with Gasteiger partial charge < -0.3 is 10.6 Å². The number of amides is 2. The highest BCUT2D eigenvalue weighted by molar-refractivity contribution is 7.91. The van der Waals surface area contributed by atoms with E-state index in [1.807, 2.05) is 0 Å². The van der Waals surface area contributed by atoms with Crippen molar-refractivity contribution in [2.45, 2.75) is 116 Å². The van der Waals surface area contributed by atoms with Crippen LogP contribution in [-0.2, 0) is 9.84 Å². The number of sulfone groups is 1. The highest BCUT2D eigenvalue weighted by atomic mass is 32.2. The van der Waals surface area contributed by atoms with E-state index >= 15 is 0 Å². The fourth-order valence-electron chi connectivity index (χ4n) is 4.21. The van der Waals surface area contributed by atoms with Gasteiger partial charge in [0.2, 0.25) is 0 Å². The van der Waals surface area contributed by atoms with E-state index in [4.69, 9.17) is 0 Å². The summed E-state index contributed by atoms with van der Waals surface area (Å²) in [7, 11) is -2.86. The molecule has 0 aliphatic carbocycles. The number of urea groups is 1. The van der Waals surface area contributed by atoms with Gasteiger partial charge in [0, 0.05) is 13.1 Å². The molecule has 0 aromatic carbocycles. The molecule has 1 aliphatic rings. The lowest BCUT2D eigenvalue weighted by Gasteiger charge is -2.10. The van der Waals surface area contributed by atoms with Crippen LogP contribution in [0.3, 0.4) is 0 Å². The summed E-state index contributed by atoms with van der Waals surface area (Å²) in [5, 5.41) is 5.68. The third kappa shape index (κ3) is 16.0. The van der Waals surface area contributed by atoms with E-state index in [0.717, 1.165) is 6.42 Å². The molecule has 0 spiro atoms. The van der Waals surface area contributed by atoms with Crippen LogP contribution < -0.4 is 10.6 Å². The minimum absolute atomic E-state index is 0.0799. The fraction of sp³-hybridized carbons (Fsp3) is 0.958. The van der Waals surface area contributed by atoms with E-state index in [-0.39, 0.29) is 23.5 Å². The van der Waals surface area contributed by atoms with Gasteiger partial charge in [-0.1, -0.05) is 103 Å². The molecule has 0 bridgehead atoms. The fourth-order valence-corrected chi connectivity index (χ4v) is 6.07. The van der Waals surface area contributed by atoms with Crippen LogP contribution in [0.25, 0.3) is 0 Å². The minimum atomic E-state index is -2.86. The van der Waals surface area contributed by atoms with Crippen LogP contribution in [-0.4, -0.2) is 39.0 Å². The molecule has 0 saturated carbocycles. The van der Waals surface area contributed by atoms with Gasteiger partial charge in [-0.25, -0.2) is 13.2 Å². The molecule has 5 nitrogen and oxygen atoms in total. The number of carbonyl (C=O) groups is 1. The average molecular weight is 445 g/mol. The van der Waals surface area contributed by atoms with Crippen LogP contribution in [0.4, 0.5) is 4.79 Å². The maximum Gasteiger partial charge on any atom is 0.314 e. The zero-order valence-corrected chi connectivity index (χ0v) is 20.4. The standard InChI is InChI=1S/C24H48N2O3S/c1-2-3-4-5-6-7-8-9-10-11-12-13-14-15-16-17-19-25-24(27)26-21-23-18-20-30(28,29)22-23/h23H,2-22H2,1H3,(H2,25,26,27). The van der Waals surface area contributed by atoms with Gasteiger partial charge in [0.15, 0.2) is 9.84 Å². The second-order valence-corrected chi connectivity index (χ2v) is 11.4. The Morgan fingerprint density at radius 2 is 1.20 bits per heavy atom. The van der Waals surface area contributed by atoms with Gasteiger partial charge in [-0.2, -0.15) is 0 Å². The molecule has 1 aliphatic heterocycles. The summed E-state index contributed by atoms with van der Waals surface area (Å²) in [5.74, 6) is 0.559. The lowest BCUT2D eigenvalue weighted by Crippen LogP contribution is -2.38. The highest BCUT2D eigenvalue weighted by Gasteiger charge is 2.27. The summed E-state index contributed by atoms with van der Waals surface area (Å²) in [4.78, 5) is 11.7. The molecular weight excluding hydrogens is 396 g/mol. The predicted octanol–water partition coefficient (Wildman–Crippen LogP) is 5.98. The van der Waals surface area contributed by atoms with Crippen LogP contribution >= 0.6 is 0 Å². The normalized spacial score (nSPS) is 17.8. The molecular formula is C24H48N2O3S. The first-order valence-corrected chi connectivity index (χ1v) is 14.6. The molecule has 1 heterocycles. The summed E-state index contributed by atoms with van der Waals surface area (Å²) < 4.78 is 22.8. The predicted molar refractivity (Wildman–Crippen MR) is 128 cm³/mol. The molecule has 0 aromatic rings. The van der Waals surface area contributed by atoms with Gasteiger partial charge in [-0.3, -0.25) is 0 Å². The lowest BCUT2D eigenvalue weighted by molar-refractivity contribution is 0.239. The van der Waals surface area contributed by atoms with E-state index in [0.29, 0.717) is 19.5 Å². The van der Waals surface area contributed by atoms with Crippen molar-refractivity contribution in [1.29, 1.82) is 0 Å². The highest BCUT2D eigenvalue weighted by Crippen LogP contribution is 2.17. The van der Waals surface area contributed by atoms with Crippen molar-refractivity contribution in [3.8, 4) is 0 Å². The van der Waals surface area contributed by atoms with Crippen LogP contribution in [0.2, 0.25) is 0 Å². The second-order valence-electron chi connectivity index (χ2n) is 9.21. The molecule has 1 unspecified atom stereocenters. The number of hydrogen-bond donors (Lipinski definition) is 2. The monoisotopic (exact) mass is 444 g/mol. The molecule has 1 atom stereocenters. The van der Waals surface area contributed by atoms with E-state index in [1.54, 1.807) is 0 Å². The number of rotatable bonds is 19. The number of unbranched alkanes of at least 4 members (excludes halogenated alkanes) is 15. The van der Waals surface area contributed by atoms with Crippen LogP contribution in [0, 0.1) is 5.92 Å². The molecule has 6 heteroatoms. The summed E-state index contributed by atoms with van der Waals surface area (Å²) in [6.45, 7) is 3.44. The number of nitrogens with one attached hydrogen (secondary N) is 2. The van der Waals surface area contributed by atoms with Crippen molar-refractivity contribution >= 4 is 15.9 Å². The molecule has 0 radical (unpaired) electrons. The van der Waals surface area contributed by atoms with E-state index in [9.17, 15) is 13.2 Å². The third-order valence-electron chi connectivity index (χ3n) is 6.19. The van der Waals surface area contributed by atoms with Gasteiger partial charge in [0.25, 0.3) is 0 Å². The summed E-state index contributed by atoms with van der Waals surface area (Å²) in [6.07, 6.45) is 22.2. The first-order valence-electron chi connectivity index (χ1n) is 12.8. The zero-order valence-electron chi connectivity index (χ0n) is 19.6.